The van der Waals surface area contributed by atoms with Gasteiger partial charge in [-0.15, -0.1) is 0 Å². The molecular weight excluding hydrogens is 309 g/mol. The van der Waals surface area contributed by atoms with Crippen molar-refractivity contribution in [1.29, 1.82) is 0 Å². The van der Waals surface area contributed by atoms with Crippen LogP contribution in [0.1, 0.15) is 18.4 Å². The lowest BCUT2D eigenvalue weighted by Crippen LogP contribution is -1.85. The quantitative estimate of drug-likeness (QED) is 0.553. The number of halogens is 1. The van der Waals surface area contributed by atoms with E-state index in [1.807, 2.05) is 25.1 Å². The normalized spacial score (nSPS) is 11.3. The number of aromatic nitrogens is 3. The minimum absolute atomic E-state index is 0.276. The van der Waals surface area contributed by atoms with Gasteiger partial charge in [-0.25, -0.2) is 9.37 Å². The molecule has 0 radical (unpaired) electrons. The van der Waals surface area contributed by atoms with Crippen LogP contribution >= 0.6 is 0 Å². The zero-order valence-corrected chi connectivity index (χ0v) is 13.2. The highest BCUT2D eigenvalue weighted by Crippen LogP contribution is 2.26. The second kappa shape index (κ2) is 5.56. The van der Waals surface area contributed by atoms with Crippen LogP contribution in [0.3, 0.4) is 0 Å². The zero-order valence-electron chi connectivity index (χ0n) is 13.2. The lowest BCUT2D eigenvalue weighted by Gasteiger charge is -1.97. The van der Waals surface area contributed by atoms with Crippen molar-refractivity contribution in [3.05, 3.63) is 53.7 Å². The fourth-order valence-corrected chi connectivity index (χ4v) is 2.45. The number of rotatable bonds is 3. The van der Waals surface area contributed by atoms with Crippen LogP contribution in [0.5, 0.6) is 0 Å². The van der Waals surface area contributed by atoms with E-state index >= 15 is 0 Å². The highest BCUT2D eigenvalue weighted by molar-refractivity contribution is 5.78. The van der Waals surface area contributed by atoms with E-state index in [-0.39, 0.29) is 11.7 Å². The minimum Gasteiger partial charge on any atom is -0.441 e. The summed E-state index contributed by atoms with van der Waals surface area (Å²) in [5, 5.41) is 3.98. The van der Waals surface area contributed by atoms with Gasteiger partial charge in [-0.3, -0.25) is 0 Å². The molecule has 0 unspecified atom stereocenters. The van der Waals surface area contributed by atoms with E-state index in [1.54, 1.807) is 19.1 Å². The number of fused-ring (bicyclic) bond motifs is 1. The molecule has 0 saturated heterocycles. The van der Waals surface area contributed by atoms with Crippen molar-refractivity contribution in [2.45, 2.75) is 20.3 Å². The topological polar surface area (TPSA) is 65.0 Å². The molecule has 4 rings (SSSR count). The molecule has 0 fully saturated rings. The summed E-state index contributed by atoms with van der Waals surface area (Å²) in [6, 6.07) is 10.4. The Kier molecular flexibility index (Phi) is 3.37. The SMILES string of the molecule is CCc1nc2cc(-c3noc(-c4ccc(C)c(F)c4)n3)ccc2o1. The van der Waals surface area contributed by atoms with Crippen molar-refractivity contribution in [2.24, 2.45) is 0 Å². The number of benzene rings is 2. The smallest absolute Gasteiger partial charge is 0.258 e. The average Bonchev–Trinajstić information content (AvgIpc) is 3.23. The molecule has 2 aromatic heterocycles. The Morgan fingerprint density at radius 3 is 2.67 bits per heavy atom. The molecule has 0 saturated carbocycles. The summed E-state index contributed by atoms with van der Waals surface area (Å²) in [4.78, 5) is 8.75. The van der Waals surface area contributed by atoms with Gasteiger partial charge in [-0.05, 0) is 42.8 Å². The van der Waals surface area contributed by atoms with Gasteiger partial charge in [0.05, 0.1) is 0 Å². The highest BCUT2D eigenvalue weighted by atomic mass is 19.1. The minimum atomic E-state index is -0.302. The molecule has 4 aromatic rings. The fourth-order valence-electron chi connectivity index (χ4n) is 2.45. The van der Waals surface area contributed by atoms with Crippen molar-refractivity contribution >= 4 is 11.1 Å². The van der Waals surface area contributed by atoms with Crippen LogP contribution in [0.15, 0.2) is 45.3 Å². The van der Waals surface area contributed by atoms with Crippen molar-refractivity contribution in [3.8, 4) is 22.8 Å². The summed E-state index contributed by atoms with van der Waals surface area (Å²) >= 11 is 0. The first kappa shape index (κ1) is 14.6. The van der Waals surface area contributed by atoms with Gasteiger partial charge in [-0.2, -0.15) is 4.98 Å². The van der Waals surface area contributed by atoms with Gasteiger partial charge in [0.15, 0.2) is 11.5 Å². The molecule has 0 bridgehead atoms. The Balaban J connectivity index is 1.72. The van der Waals surface area contributed by atoms with Gasteiger partial charge in [0.25, 0.3) is 5.89 Å². The third-order valence-electron chi connectivity index (χ3n) is 3.84. The predicted molar refractivity (Wildman–Crippen MR) is 86.8 cm³/mol. The Hall–Kier alpha value is -3.02. The predicted octanol–water partition coefficient (Wildman–Crippen LogP) is 4.55. The largest absolute Gasteiger partial charge is 0.441 e. The lowest BCUT2D eigenvalue weighted by atomic mass is 10.1. The second-order valence-electron chi connectivity index (χ2n) is 5.53. The summed E-state index contributed by atoms with van der Waals surface area (Å²) in [5.74, 6) is 1.08. The molecule has 0 amide bonds. The molecule has 5 nitrogen and oxygen atoms in total. The first-order valence-electron chi connectivity index (χ1n) is 7.64. The van der Waals surface area contributed by atoms with Crippen molar-refractivity contribution in [3.63, 3.8) is 0 Å². The Morgan fingerprint density at radius 2 is 1.88 bits per heavy atom. The van der Waals surface area contributed by atoms with Crippen LogP contribution in [0.4, 0.5) is 4.39 Å². The standard InChI is InChI=1S/C18H14FN3O2/c1-3-16-20-14-9-11(6-7-15(14)23-16)17-21-18(24-22-17)12-5-4-10(2)13(19)8-12/h4-9H,3H2,1-2H3. The van der Waals surface area contributed by atoms with E-state index in [0.29, 0.717) is 22.8 Å². The molecule has 2 heterocycles. The second-order valence-corrected chi connectivity index (χ2v) is 5.53. The summed E-state index contributed by atoms with van der Waals surface area (Å²) < 4.78 is 24.6. The number of hydrogen-bond donors (Lipinski definition) is 0. The molecular formula is C18H14FN3O2. The van der Waals surface area contributed by atoms with Crippen molar-refractivity contribution in [1.82, 2.24) is 15.1 Å². The number of nitrogens with zero attached hydrogens (tertiary/aromatic N) is 3. The van der Waals surface area contributed by atoms with Crippen LogP contribution in [0.2, 0.25) is 0 Å². The van der Waals surface area contributed by atoms with E-state index in [9.17, 15) is 4.39 Å². The first-order chi connectivity index (χ1) is 11.6. The molecule has 0 spiro atoms. The molecule has 0 aliphatic rings. The Morgan fingerprint density at radius 1 is 1.04 bits per heavy atom. The van der Waals surface area contributed by atoms with E-state index < -0.39 is 0 Å². The molecule has 120 valence electrons. The maximum Gasteiger partial charge on any atom is 0.258 e. The maximum absolute atomic E-state index is 13.7. The van der Waals surface area contributed by atoms with Gasteiger partial charge < -0.3 is 8.94 Å². The number of hydrogen-bond acceptors (Lipinski definition) is 5. The summed E-state index contributed by atoms with van der Waals surface area (Å²) in [5.41, 5.74) is 3.35. The highest BCUT2D eigenvalue weighted by Gasteiger charge is 2.13. The van der Waals surface area contributed by atoms with E-state index in [4.69, 9.17) is 8.94 Å². The van der Waals surface area contributed by atoms with E-state index in [2.05, 4.69) is 15.1 Å². The maximum atomic E-state index is 13.7. The summed E-state index contributed by atoms with van der Waals surface area (Å²) in [6.45, 7) is 3.69. The van der Waals surface area contributed by atoms with Crippen LogP contribution < -0.4 is 0 Å². The van der Waals surface area contributed by atoms with Gasteiger partial charge in [0.2, 0.25) is 5.82 Å². The van der Waals surface area contributed by atoms with Crippen LogP contribution in [0, 0.1) is 12.7 Å². The molecule has 0 N–H and O–H groups in total. The van der Waals surface area contributed by atoms with Crippen LogP contribution in [-0.4, -0.2) is 15.1 Å². The average molecular weight is 323 g/mol. The first-order valence-corrected chi connectivity index (χ1v) is 7.64. The molecule has 2 aromatic carbocycles. The van der Waals surface area contributed by atoms with Crippen LogP contribution in [0.25, 0.3) is 33.9 Å². The number of aryl methyl sites for hydroxylation is 2. The number of oxazole rings is 1. The molecule has 24 heavy (non-hydrogen) atoms. The third-order valence-corrected chi connectivity index (χ3v) is 3.84. The van der Waals surface area contributed by atoms with E-state index in [0.717, 1.165) is 23.1 Å². The molecule has 0 aliphatic carbocycles. The van der Waals surface area contributed by atoms with Crippen molar-refractivity contribution < 1.29 is 13.3 Å². The Bertz CT molecular complexity index is 1040. The van der Waals surface area contributed by atoms with Gasteiger partial charge in [0, 0.05) is 17.5 Å². The van der Waals surface area contributed by atoms with Gasteiger partial charge >= 0.3 is 0 Å². The van der Waals surface area contributed by atoms with Gasteiger partial charge in [-0.1, -0.05) is 18.1 Å². The zero-order chi connectivity index (χ0) is 16.7. The van der Waals surface area contributed by atoms with Crippen LogP contribution in [-0.2, 0) is 6.42 Å². The van der Waals surface area contributed by atoms with E-state index in [1.165, 1.54) is 6.07 Å². The molecule has 6 heteroatoms. The molecule has 0 atom stereocenters. The lowest BCUT2D eigenvalue weighted by molar-refractivity contribution is 0.432. The third kappa shape index (κ3) is 2.46. The monoisotopic (exact) mass is 323 g/mol. The Labute approximate surface area is 137 Å². The summed E-state index contributed by atoms with van der Waals surface area (Å²) in [7, 11) is 0. The molecule has 0 aliphatic heterocycles. The fraction of sp³-hybridized carbons (Fsp3) is 0.167. The summed E-state index contributed by atoms with van der Waals surface area (Å²) in [6.07, 6.45) is 0.732. The van der Waals surface area contributed by atoms with Crippen molar-refractivity contribution in [2.75, 3.05) is 0 Å². The van der Waals surface area contributed by atoms with Gasteiger partial charge in [0.1, 0.15) is 11.3 Å².